The predicted octanol–water partition coefficient (Wildman–Crippen LogP) is 4.35. The van der Waals surface area contributed by atoms with Crippen LogP contribution in [0.1, 0.15) is 5.56 Å². The van der Waals surface area contributed by atoms with E-state index in [1.165, 1.54) is 6.07 Å². The molecule has 1 nitrogen and oxygen atoms in total. The first-order valence-electron chi connectivity index (χ1n) is 5.07. The molecule has 0 saturated heterocycles. The van der Waals surface area contributed by atoms with Crippen LogP contribution in [0.5, 0.6) is 0 Å². The Labute approximate surface area is 109 Å². The first-order valence-corrected chi connectivity index (χ1v) is 6.44. The Balaban J connectivity index is 2.02. The van der Waals surface area contributed by atoms with Gasteiger partial charge in [-0.1, -0.05) is 23.7 Å². The van der Waals surface area contributed by atoms with E-state index in [2.05, 4.69) is 0 Å². The summed E-state index contributed by atoms with van der Waals surface area (Å²) in [6, 6.07) is 12.5. The van der Waals surface area contributed by atoms with Gasteiger partial charge in [0, 0.05) is 15.7 Å². The van der Waals surface area contributed by atoms with Crippen LogP contribution in [0.4, 0.5) is 10.1 Å². The van der Waals surface area contributed by atoms with E-state index in [0.29, 0.717) is 0 Å². The van der Waals surface area contributed by atoms with Crippen LogP contribution < -0.4 is 5.73 Å². The lowest BCUT2D eigenvalue weighted by atomic mass is 10.2. The average Bonchev–Trinajstić information content (AvgIpc) is 2.33. The lowest BCUT2D eigenvalue weighted by Crippen LogP contribution is -1.89. The van der Waals surface area contributed by atoms with Crippen molar-refractivity contribution in [2.75, 3.05) is 5.73 Å². The highest BCUT2D eigenvalue weighted by Crippen LogP contribution is 2.25. The van der Waals surface area contributed by atoms with E-state index < -0.39 is 0 Å². The Bertz CT molecular complexity index is 513. The first-order chi connectivity index (χ1) is 8.15. The maximum absolute atomic E-state index is 13.2. The molecule has 2 aromatic rings. The van der Waals surface area contributed by atoms with Gasteiger partial charge in [0.05, 0.1) is 5.69 Å². The van der Waals surface area contributed by atoms with Gasteiger partial charge < -0.3 is 5.73 Å². The van der Waals surface area contributed by atoms with E-state index >= 15 is 0 Å². The topological polar surface area (TPSA) is 26.0 Å². The van der Waals surface area contributed by atoms with Gasteiger partial charge in [0.2, 0.25) is 0 Å². The fraction of sp³-hybridized carbons (Fsp3) is 0.0769. The second-order valence-corrected chi connectivity index (χ2v) is 5.08. The Kier molecular flexibility index (Phi) is 3.92. The van der Waals surface area contributed by atoms with Crippen LogP contribution in [0.15, 0.2) is 47.4 Å². The van der Waals surface area contributed by atoms with Crippen LogP contribution in [0.25, 0.3) is 0 Å². The SMILES string of the molecule is Nc1ccc(SCc2ccc(Cl)cc2)cc1F. The lowest BCUT2D eigenvalue weighted by Gasteiger charge is -2.03. The molecule has 0 bridgehead atoms. The average molecular weight is 268 g/mol. The van der Waals surface area contributed by atoms with Gasteiger partial charge in [0.25, 0.3) is 0 Å². The summed E-state index contributed by atoms with van der Waals surface area (Å²) < 4.78 is 13.2. The molecule has 0 radical (unpaired) electrons. The van der Waals surface area contributed by atoms with Crippen LogP contribution in [0.2, 0.25) is 5.02 Å². The van der Waals surface area contributed by atoms with Crippen molar-refractivity contribution in [2.45, 2.75) is 10.6 Å². The molecule has 88 valence electrons. The van der Waals surface area contributed by atoms with Gasteiger partial charge >= 0.3 is 0 Å². The molecule has 2 aromatic carbocycles. The number of rotatable bonds is 3. The van der Waals surface area contributed by atoms with Crippen molar-refractivity contribution in [3.05, 3.63) is 58.9 Å². The van der Waals surface area contributed by atoms with Crippen LogP contribution in [-0.2, 0) is 5.75 Å². The summed E-state index contributed by atoms with van der Waals surface area (Å²) in [4.78, 5) is 0.867. The first kappa shape index (κ1) is 12.3. The second-order valence-electron chi connectivity index (χ2n) is 3.60. The molecule has 17 heavy (non-hydrogen) atoms. The molecule has 0 spiro atoms. The Morgan fingerprint density at radius 2 is 1.82 bits per heavy atom. The molecular formula is C13H11ClFNS. The zero-order chi connectivity index (χ0) is 12.3. The van der Waals surface area contributed by atoms with Gasteiger partial charge in [-0.3, -0.25) is 0 Å². The van der Waals surface area contributed by atoms with Crippen molar-refractivity contribution in [1.29, 1.82) is 0 Å². The van der Waals surface area contributed by atoms with Crippen molar-refractivity contribution in [2.24, 2.45) is 0 Å². The van der Waals surface area contributed by atoms with Gasteiger partial charge in [-0.15, -0.1) is 11.8 Å². The molecule has 0 saturated carbocycles. The summed E-state index contributed by atoms with van der Waals surface area (Å²) in [5.74, 6) is 0.409. The quantitative estimate of drug-likeness (QED) is 0.661. The normalized spacial score (nSPS) is 10.5. The fourth-order valence-corrected chi connectivity index (χ4v) is 2.35. The van der Waals surface area contributed by atoms with E-state index in [9.17, 15) is 4.39 Å². The fourth-order valence-electron chi connectivity index (χ4n) is 1.34. The number of nitrogen functional groups attached to an aromatic ring is 1. The minimum absolute atomic E-state index is 0.181. The molecule has 2 rings (SSSR count). The zero-order valence-electron chi connectivity index (χ0n) is 8.99. The number of nitrogens with two attached hydrogens (primary N) is 1. The van der Waals surface area contributed by atoms with Crippen molar-refractivity contribution in [1.82, 2.24) is 0 Å². The second kappa shape index (κ2) is 5.43. The van der Waals surface area contributed by atoms with E-state index in [0.717, 1.165) is 21.2 Å². The smallest absolute Gasteiger partial charge is 0.147 e. The van der Waals surface area contributed by atoms with Crippen molar-refractivity contribution in [3.63, 3.8) is 0 Å². The van der Waals surface area contributed by atoms with Gasteiger partial charge in [-0.05, 0) is 35.9 Å². The molecule has 2 N–H and O–H groups in total. The summed E-state index contributed by atoms with van der Waals surface area (Å²) in [6.07, 6.45) is 0. The highest BCUT2D eigenvalue weighted by Gasteiger charge is 2.01. The zero-order valence-corrected chi connectivity index (χ0v) is 10.6. The van der Waals surface area contributed by atoms with E-state index in [1.807, 2.05) is 30.3 Å². The van der Waals surface area contributed by atoms with Crippen molar-refractivity contribution < 1.29 is 4.39 Å². The number of thioether (sulfide) groups is 1. The maximum Gasteiger partial charge on any atom is 0.147 e. The molecule has 0 atom stereocenters. The molecule has 0 aromatic heterocycles. The molecule has 0 fully saturated rings. The van der Waals surface area contributed by atoms with Crippen molar-refractivity contribution >= 4 is 29.1 Å². The third kappa shape index (κ3) is 3.38. The molecule has 0 aliphatic rings. The summed E-state index contributed by atoms with van der Waals surface area (Å²) in [5.41, 5.74) is 6.74. The van der Waals surface area contributed by atoms with Crippen LogP contribution in [0.3, 0.4) is 0 Å². The van der Waals surface area contributed by atoms with E-state index in [1.54, 1.807) is 17.8 Å². The Morgan fingerprint density at radius 3 is 2.47 bits per heavy atom. The molecule has 0 aliphatic heterocycles. The molecule has 0 heterocycles. The molecular weight excluding hydrogens is 257 g/mol. The van der Waals surface area contributed by atoms with Crippen LogP contribution in [-0.4, -0.2) is 0 Å². The summed E-state index contributed by atoms with van der Waals surface area (Å²) >= 11 is 7.36. The largest absolute Gasteiger partial charge is 0.396 e. The summed E-state index contributed by atoms with van der Waals surface area (Å²) in [5, 5.41) is 0.720. The van der Waals surface area contributed by atoms with Crippen LogP contribution in [0, 0.1) is 5.82 Å². The number of halogens is 2. The summed E-state index contributed by atoms with van der Waals surface area (Å²) in [6.45, 7) is 0. The minimum atomic E-state index is -0.369. The van der Waals surface area contributed by atoms with E-state index in [-0.39, 0.29) is 11.5 Å². The third-order valence-electron chi connectivity index (χ3n) is 2.29. The maximum atomic E-state index is 13.2. The summed E-state index contributed by atoms with van der Waals surface area (Å²) in [7, 11) is 0. The number of hydrogen-bond donors (Lipinski definition) is 1. The number of benzene rings is 2. The third-order valence-corrected chi connectivity index (χ3v) is 3.61. The number of anilines is 1. The molecule has 0 amide bonds. The lowest BCUT2D eigenvalue weighted by molar-refractivity contribution is 0.629. The highest BCUT2D eigenvalue weighted by molar-refractivity contribution is 7.98. The van der Waals surface area contributed by atoms with Crippen LogP contribution >= 0.6 is 23.4 Å². The van der Waals surface area contributed by atoms with Gasteiger partial charge in [-0.25, -0.2) is 4.39 Å². The van der Waals surface area contributed by atoms with Gasteiger partial charge in [-0.2, -0.15) is 0 Å². The van der Waals surface area contributed by atoms with Crippen molar-refractivity contribution in [3.8, 4) is 0 Å². The minimum Gasteiger partial charge on any atom is -0.396 e. The predicted molar refractivity (Wildman–Crippen MR) is 71.8 cm³/mol. The Morgan fingerprint density at radius 1 is 1.12 bits per heavy atom. The number of hydrogen-bond acceptors (Lipinski definition) is 2. The van der Waals surface area contributed by atoms with Gasteiger partial charge in [0.15, 0.2) is 0 Å². The molecule has 0 unspecified atom stereocenters. The Hall–Kier alpha value is -1.19. The molecule has 0 aliphatic carbocycles. The molecule has 4 heteroatoms. The standard InChI is InChI=1S/C13H11ClFNS/c14-10-3-1-9(2-4-10)8-17-11-5-6-13(16)12(15)7-11/h1-7H,8,16H2. The van der Waals surface area contributed by atoms with E-state index in [4.69, 9.17) is 17.3 Å². The highest BCUT2D eigenvalue weighted by atomic mass is 35.5. The van der Waals surface area contributed by atoms with Gasteiger partial charge in [0.1, 0.15) is 5.82 Å². The monoisotopic (exact) mass is 267 g/mol.